The van der Waals surface area contributed by atoms with Crippen LogP contribution in [0.4, 0.5) is 0 Å². The molecule has 0 saturated heterocycles. The van der Waals surface area contributed by atoms with Crippen LogP contribution in [-0.2, 0) is 30.7 Å². The van der Waals surface area contributed by atoms with Gasteiger partial charge in [0, 0.05) is 48.9 Å². The number of benzene rings is 1. The summed E-state index contributed by atoms with van der Waals surface area (Å²) in [5, 5.41) is 7.10. The third-order valence-corrected chi connectivity index (χ3v) is 5.60. The lowest BCUT2D eigenvalue weighted by Crippen LogP contribution is -2.29. The van der Waals surface area contributed by atoms with E-state index in [1.807, 2.05) is 37.4 Å². The first-order chi connectivity index (χ1) is 14.1. The van der Waals surface area contributed by atoms with Crippen molar-refractivity contribution in [1.82, 2.24) is 19.7 Å². The van der Waals surface area contributed by atoms with Crippen molar-refractivity contribution in [3.05, 3.63) is 76.9 Å². The fourth-order valence-electron chi connectivity index (χ4n) is 4.15. The first kappa shape index (κ1) is 19.2. The molecular formula is C23H26N4O2. The van der Waals surface area contributed by atoms with Crippen LogP contribution >= 0.6 is 0 Å². The Morgan fingerprint density at radius 1 is 1.17 bits per heavy atom. The number of fused-ring (bicyclic) bond motifs is 1. The van der Waals surface area contributed by atoms with Crippen molar-refractivity contribution in [2.45, 2.75) is 45.7 Å². The number of carbonyl (C=O) groups is 2. The average molecular weight is 390 g/mol. The number of hydrogen-bond donors (Lipinski definition) is 1. The van der Waals surface area contributed by atoms with E-state index < -0.39 is 0 Å². The van der Waals surface area contributed by atoms with Gasteiger partial charge in [-0.15, -0.1) is 0 Å². The largest absolute Gasteiger partial charge is 0.354 e. The van der Waals surface area contributed by atoms with E-state index in [-0.39, 0.29) is 18.1 Å². The molecule has 0 bridgehead atoms. The predicted molar refractivity (Wildman–Crippen MR) is 111 cm³/mol. The van der Waals surface area contributed by atoms with E-state index in [9.17, 15) is 9.59 Å². The Morgan fingerprint density at radius 2 is 2.00 bits per heavy atom. The van der Waals surface area contributed by atoms with Gasteiger partial charge in [-0.25, -0.2) is 0 Å². The van der Waals surface area contributed by atoms with E-state index in [2.05, 4.69) is 27.1 Å². The Balaban J connectivity index is 1.54. The van der Waals surface area contributed by atoms with Crippen LogP contribution in [-0.4, -0.2) is 32.6 Å². The monoisotopic (exact) mass is 390 g/mol. The number of carbonyl (C=O) groups excluding carboxylic acids is 2. The first-order valence-corrected chi connectivity index (χ1v) is 10.2. The van der Waals surface area contributed by atoms with Gasteiger partial charge in [-0.2, -0.15) is 5.10 Å². The van der Waals surface area contributed by atoms with Gasteiger partial charge in [-0.05, 0) is 37.0 Å². The van der Waals surface area contributed by atoms with Gasteiger partial charge >= 0.3 is 0 Å². The second-order valence-electron chi connectivity index (χ2n) is 7.53. The molecule has 0 atom stereocenters. The van der Waals surface area contributed by atoms with Gasteiger partial charge < -0.3 is 9.88 Å². The topological polar surface area (TPSA) is 68.9 Å². The molecule has 6 nitrogen and oxygen atoms in total. The summed E-state index contributed by atoms with van der Waals surface area (Å²) in [5.74, 6) is 0.110. The number of Topliss-reactive ketones (excluding diaryl/α,β-unsaturated/α-hetero) is 1. The Bertz CT molecular complexity index is 1000. The molecule has 0 aliphatic heterocycles. The summed E-state index contributed by atoms with van der Waals surface area (Å²) in [7, 11) is 0. The second kappa shape index (κ2) is 8.47. The van der Waals surface area contributed by atoms with Crippen LogP contribution in [0.5, 0.6) is 0 Å². The molecule has 0 spiro atoms. The number of rotatable bonds is 7. The number of nitrogens with zero attached hydrogens (tertiary/aromatic N) is 3. The van der Waals surface area contributed by atoms with Crippen molar-refractivity contribution < 1.29 is 9.59 Å². The lowest BCUT2D eigenvalue weighted by Gasteiger charge is -2.16. The van der Waals surface area contributed by atoms with Gasteiger partial charge in [0.05, 0.1) is 13.0 Å². The molecule has 1 aliphatic carbocycles. The molecule has 1 aliphatic rings. The Kier molecular flexibility index (Phi) is 5.60. The SMILES string of the molecule is Cc1c(CC(=O)NCCn2cccn2)c2c(n1Cc1ccccc1)CCCC2=O. The second-order valence-corrected chi connectivity index (χ2v) is 7.53. The normalized spacial score (nSPS) is 13.3. The molecule has 1 amide bonds. The number of hydrogen-bond acceptors (Lipinski definition) is 3. The molecule has 0 unspecified atom stereocenters. The summed E-state index contributed by atoms with van der Waals surface area (Å²) in [6.45, 7) is 3.90. The number of ketones is 1. The molecule has 6 heteroatoms. The number of amides is 1. The minimum absolute atomic E-state index is 0.0571. The third-order valence-electron chi connectivity index (χ3n) is 5.60. The highest BCUT2D eigenvalue weighted by atomic mass is 16.1. The molecule has 1 aromatic carbocycles. The summed E-state index contributed by atoms with van der Waals surface area (Å²) < 4.78 is 4.02. The van der Waals surface area contributed by atoms with E-state index in [1.165, 1.54) is 5.56 Å². The van der Waals surface area contributed by atoms with Crippen molar-refractivity contribution >= 4 is 11.7 Å². The standard InChI is InChI=1S/C23H26N4O2/c1-17-19(15-22(29)24-12-14-26-13-6-11-25-26)23-20(9-5-10-21(23)28)27(17)16-18-7-3-2-4-8-18/h2-4,6-8,11,13H,5,9-10,12,14-16H2,1H3,(H,24,29). The molecule has 2 aromatic heterocycles. The zero-order valence-electron chi connectivity index (χ0n) is 16.7. The van der Waals surface area contributed by atoms with Crippen molar-refractivity contribution in [2.75, 3.05) is 6.54 Å². The fourth-order valence-corrected chi connectivity index (χ4v) is 4.15. The summed E-state index contributed by atoms with van der Waals surface area (Å²) in [4.78, 5) is 25.3. The van der Waals surface area contributed by atoms with Crippen LogP contribution in [0.1, 0.15) is 45.7 Å². The fraction of sp³-hybridized carbons (Fsp3) is 0.348. The van der Waals surface area contributed by atoms with Crippen molar-refractivity contribution in [1.29, 1.82) is 0 Å². The highest BCUT2D eigenvalue weighted by Gasteiger charge is 2.28. The van der Waals surface area contributed by atoms with Gasteiger partial charge in [0.2, 0.25) is 5.91 Å². The van der Waals surface area contributed by atoms with Crippen LogP contribution in [0.2, 0.25) is 0 Å². The quantitative estimate of drug-likeness (QED) is 0.674. The Labute approximate surface area is 170 Å². The van der Waals surface area contributed by atoms with Gasteiger partial charge in [0.1, 0.15) is 0 Å². The molecule has 0 radical (unpaired) electrons. The highest BCUT2D eigenvalue weighted by Crippen LogP contribution is 2.31. The Morgan fingerprint density at radius 3 is 2.76 bits per heavy atom. The van der Waals surface area contributed by atoms with Crippen LogP contribution in [0, 0.1) is 6.92 Å². The summed E-state index contributed by atoms with van der Waals surface area (Å²) in [6.07, 6.45) is 6.15. The lowest BCUT2D eigenvalue weighted by atomic mass is 9.92. The van der Waals surface area contributed by atoms with Crippen LogP contribution < -0.4 is 5.32 Å². The molecule has 29 heavy (non-hydrogen) atoms. The average Bonchev–Trinajstić information content (AvgIpc) is 3.32. The molecule has 4 rings (SSSR count). The van der Waals surface area contributed by atoms with Gasteiger partial charge in [-0.3, -0.25) is 14.3 Å². The maximum absolute atomic E-state index is 12.7. The number of aromatic nitrogens is 3. The minimum Gasteiger partial charge on any atom is -0.354 e. The molecule has 0 saturated carbocycles. The summed E-state index contributed by atoms with van der Waals surface area (Å²) in [5.41, 5.74) is 4.98. The van der Waals surface area contributed by atoms with E-state index >= 15 is 0 Å². The van der Waals surface area contributed by atoms with Crippen molar-refractivity contribution in [2.24, 2.45) is 0 Å². The third kappa shape index (κ3) is 4.16. The van der Waals surface area contributed by atoms with Gasteiger partial charge in [-0.1, -0.05) is 30.3 Å². The van der Waals surface area contributed by atoms with E-state index in [0.717, 1.165) is 41.9 Å². The molecule has 0 fully saturated rings. The molecule has 1 N–H and O–H groups in total. The molecule has 150 valence electrons. The molecule has 2 heterocycles. The van der Waals surface area contributed by atoms with Gasteiger partial charge in [0.15, 0.2) is 5.78 Å². The molecular weight excluding hydrogens is 364 g/mol. The van der Waals surface area contributed by atoms with E-state index in [4.69, 9.17) is 0 Å². The first-order valence-electron chi connectivity index (χ1n) is 10.2. The summed E-state index contributed by atoms with van der Waals surface area (Å²) in [6, 6.07) is 12.1. The van der Waals surface area contributed by atoms with Crippen molar-refractivity contribution in [3.63, 3.8) is 0 Å². The van der Waals surface area contributed by atoms with Crippen LogP contribution in [0.15, 0.2) is 48.8 Å². The maximum atomic E-state index is 12.7. The smallest absolute Gasteiger partial charge is 0.224 e. The van der Waals surface area contributed by atoms with Crippen LogP contribution in [0.3, 0.4) is 0 Å². The minimum atomic E-state index is -0.0571. The van der Waals surface area contributed by atoms with Crippen LogP contribution in [0.25, 0.3) is 0 Å². The van der Waals surface area contributed by atoms with E-state index in [1.54, 1.807) is 10.9 Å². The number of nitrogens with one attached hydrogen (secondary N) is 1. The lowest BCUT2D eigenvalue weighted by molar-refractivity contribution is -0.120. The molecule has 3 aromatic rings. The highest BCUT2D eigenvalue weighted by molar-refractivity contribution is 6.01. The van der Waals surface area contributed by atoms with Crippen molar-refractivity contribution in [3.8, 4) is 0 Å². The zero-order chi connectivity index (χ0) is 20.2. The predicted octanol–water partition coefficient (Wildman–Crippen LogP) is 2.92. The van der Waals surface area contributed by atoms with Gasteiger partial charge in [0.25, 0.3) is 0 Å². The maximum Gasteiger partial charge on any atom is 0.224 e. The Hall–Kier alpha value is -3.15. The zero-order valence-corrected chi connectivity index (χ0v) is 16.7. The summed E-state index contributed by atoms with van der Waals surface area (Å²) >= 11 is 0. The van der Waals surface area contributed by atoms with E-state index in [0.29, 0.717) is 19.5 Å².